The van der Waals surface area contributed by atoms with Crippen LogP contribution in [0.4, 0.5) is 0 Å². The molecule has 0 bridgehead atoms. The molecule has 112 valence electrons. The van der Waals surface area contributed by atoms with Crippen LogP contribution in [-0.4, -0.2) is 53.2 Å². The van der Waals surface area contributed by atoms with E-state index in [0.717, 1.165) is 6.42 Å². The van der Waals surface area contributed by atoms with Gasteiger partial charge in [0.2, 0.25) is 0 Å². The molecule has 0 unspecified atom stereocenters. The van der Waals surface area contributed by atoms with Crippen molar-refractivity contribution in [1.82, 2.24) is 15.3 Å². The molecule has 1 fully saturated rings. The second-order valence-corrected chi connectivity index (χ2v) is 4.86. The van der Waals surface area contributed by atoms with E-state index in [1.807, 2.05) is 0 Å². The van der Waals surface area contributed by atoms with Crippen molar-refractivity contribution in [3.05, 3.63) is 12.2 Å². The number of thiocarbonyl (C=S) groups is 1. The summed E-state index contributed by atoms with van der Waals surface area (Å²) in [5.41, 5.74) is 0.478. The van der Waals surface area contributed by atoms with E-state index in [9.17, 15) is 9.59 Å². The lowest BCUT2D eigenvalue weighted by Gasteiger charge is -2.30. The second kappa shape index (κ2) is 7.84. The zero-order valence-corrected chi connectivity index (χ0v) is 12.8. The minimum absolute atomic E-state index is 0.128. The summed E-state index contributed by atoms with van der Waals surface area (Å²) in [6, 6.07) is 0. The van der Waals surface area contributed by atoms with Crippen LogP contribution in [0.2, 0.25) is 0 Å². The van der Waals surface area contributed by atoms with E-state index in [2.05, 4.69) is 11.9 Å². The van der Waals surface area contributed by atoms with Crippen LogP contribution in [-0.2, 0) is 14.3 Å². The van der Waals surface area contributed by atoms with Crippen molar-refractivity contribution >= 4 is 29.2 Å². The molecule has 0 aromatic rings. The number of carbonyl (C=O) groups excluding carboxylic acids is 2. The number of nitrogens with one attached hydrogen (secondary N) is 1. The Bertz CT molecular complexity index is 412. The number of amides is 1. The molecular weight excluding hydrogens is 278 g/mol. The van der Waals surface area contributed by atoms with Gasteiger partial charge in [-0.1, -0.05) is 6.58 Å². The fourth-order valence-corrected chi connectivity index (χ4v) is 2.14. The number of hydrazine groups is 1. The molecule has 0 atom stereocenters. The fraction of sp³-hybridized carbons (Fsp3) is 0.615. The van der Waals surface area contributed by atoms with Gasteiger partial charge in [-0.05, 0) is 32.5 Å². The first kappa shape index (κ1) is 16.4. The van der Waals surface area contributed by atoms with Crippen LogP contribution in [0.5, 0.6) is 0 Å². The van der Waals surface area contributed by atoms with E-state index in [4.69, 9.17) is 17.0 Å². The molecule has 1 heterocycles. The Hall–Kier alpha value is -1.63. The van der Waals surface area contributed by atoms with Crippen molar-refractivity contribution < 1.29 is 14.3 Å². The van der Waals surface area contributed by atoms with E-state index in [1.165, 1.54) is 0 Å². The zero-order chi connectivity index (χ0) is 15.1. The summed E-state index contributed by atoms with van der Waals surface area (Å²) in [5, 5.41) is 6.72. The first-order chi connectivity index (χ1) is 9.47. The predicted molar refractivity (Wildman–Crippen MR) is 79.7 cm³/mol. The molecule has 1 N–H and O–H groups in total. The van der Waals surface area contributed by atoms with Gasteiger partial charge in [-0.25, -0.2) is 5.01 Å². The van der Waals surface area contributed by atoms with Crippen molar-refractivity contribution in [1.29, 1.82) is 0 Å². The number of esters is 1. The number of carbonyl (C=O) groups is 2. The van der Waals surface area contributed by atoms with Gasteiger partial charge in [0, 0.05) is 25.2 Å². The SMILES string of the molecule is C=C(C)C(=O)N1CCCN1C(=S)NCCC(=O)OCC. The van der Waals surface area contributed by atoms with Crippen LogP contribution in [0.1, 0.15) is 26.7 Å². The zero-order valence-electron chi connectivity index (χ0n) is 12.0. The Balaban J connectivity index is 2.44. The predicted octanol–water partition coefficient (Wildman–Crippen LogP) is 0.839. The molecule has 1 saturated heterocycles. The minimum atomic E-state index is -0.265. The summed E-state index contributed by atoms with van der Waals surface area (Å²) in [6.07, 6.45) is 1.11. The highest BCUT2D eigenvalue weighted by Gasteiger charge is 2.28. The maximum Gasteiger partial charge on any atom is 0.307 e. The lowest BCUT2D eigenvalue weighted by Crippen LogP contribution is -2.49. The lowest BCUT2D eigenvalue weighted by atomic mass is 10.3. The van der Waals surface area contributed by atoms with E-state index < -0.39 is 0 Å². The quantitative estimate of drug-likeness (QED) is 0.461. The summed E-state index contributed by atoms with van der Waals surface area (Å²) in [5.74, 6) is -0.392. The molecule has 1 aliphatic heterocycles. The maximum absolute atomic E-state index is 12.0. The van der Waals surface area contributed by atoms with Crippen LogP contribution < -0.4 is 5.32 Å². The summed E-state index contributed by atoms with van der Waals surface area (Å²) in [7, 11) is 0. The number of hydrogen-bond donors (Lipinski definition) is 1. The minimum Gasteiger partial charge on any atom is -0.466 e. The van der Waals surface area contributed by atoms with E-state index >= 15 is 0 Å². The van der Waals surface area contributed by atoms with Crippen molar-refractivity contribution in [2.24, 2.45) is 0 Å². The van der Waals surface area contributed by atoms with Crippen LogP contribution in [0.3, 0.4) is 0 Å². The number of rotatable bonds is 5. The standard InChI is InChI=1S/C13H21N3O3S/c1-4-19-11(17)6-7-14-13(20)16-9-5-8-15(16)12(18)10(2)3/h2,4-9H2,1,3H3,(H,14,20). The third-order valence-corrected chi connectivity index (χ3v) is 3.13. The van der Waals surface area contributed by atoms with Crippen LogP contribution >= 0.6 is 12.2 Å². The van der Waals surface area contributed by atoms with Crippen LogP contribution in [0.15, 0.2) is 12.2 Å². The largest absolute Gasteiger partial charge is 0.466 e. The van der Waals surface area contributed by atoms with Crippen molar-refractivity contribution in [3.63, 3.8) is 0 Å². The molecule has 1 rings (SSSR count). The Labute approximate surface area is 124 Å². The van der Waals surface area contributed by atoms with Gasteiger partial charge < -0.3 is 10.1 Å². The molecule has 1 aliphatic rings. The van der Waals surface area contributed by atoms with Crippen LogP contribution in [0.25, 0.3) is 0 Å². The van der Waals surface area contributed by atoms with Crippen molar-refractivity contribution in [3.8, 4) is 0 Å². The molecule has 7 heteroatoms. The van der Waals surface area contributed by atoms with Gasteiger partial charge in [0.25, 0.3) is 5.91 Å². The monoisotopic (exact) mass is 299 g/mol. The maximum atomic E-state index is 12.0. The van der Waals surface area contributed by atoms with E-state index in [0.29, 0.717) is 36.9 Å². The molecule has 6 nitrogen and oxygen atoms in total. The molecular formula is C13H21N3O3S. The third kappa shape index (κ3) is 4.48. The Kier molecular flexibility index (Phi) is 6.44. The Morgan fingerprint density at radius 1 is 1.35 bits per heavy atom. The Morgan fingerprint density at radius 2 is 2.00 bits per heavy atom. The molecule has 0 aromatic heterocycles. The van der Waals surface area contributed by atoms with Gasteiger partial charge in [-0.2, -0.15) is 0 Å². The third-order valence-electron chi connectivity index (χ3n) is 2.78. The number of ether oxygens (including phenoxy) is 1. The smallest absolute Gasteiger partial charge is 0.307 e. The molecule has 0 aromatic carbocycles. The first-order valence-electron chi connectivity index (χ1n) is 6.65. The Morgan fingerprint density at radius 3 is 2.60 bits per heavy atom. The molecule has 0 aliphatic carbocycles. The fourth-order valence-electron chi connectivity index (χ4n) is 1.85. The van der Waals surface area contributed by atoms with Gasteiger partial charge in [-0.3, -0.25) is 14.6 Å². The average molecular weight is 299 g/mol. The van der Waals surface area contributed by atoms with Gasteiger partial charge >= 0.3 is 5.97 Å². The number of hydrogen-bond acceptors (Lipinski definition) is 4. The highest BCUT2D eigenvalue weighted by atomic mass is 32.1. The summed E-state index contributed by atoms with van der Waals surface area (Å²) in [6.45, 7) is 9.18. The highest BCUT2D eigenvalue weighted by Crippen LogP contribution is 2.13. The summed E-state index contributed by atoms with van der Waals surface area (Å²) in [4.78, 5) is 23.2. The van der Waals surface area contributed by atoms with Crippen molar-refractivity contribution in [2.75, 3.05) is 26.2 Å². The summed E-state index contributed by atoms with van der Waals surface area (Å²) >= 11 is 5.25. The molecule has 20 heavy (non-hydrogen) atoms. The van der Waals surface area contributed by atoms with E-state index in [1.54, 1.807) is 23.9 Å². The second-order valence-electron chi connectivity index (χ2n) is 4.47. The average Bonchev–Trinajstić information content (AvgIpc) is 2.86. The summed E-state index contributed by atoms with van der Waals surface area (Å²) < 4.78 is 4.83. The molecule has 0 radical (unpaired) electrons. The van der Waals surface area contributed by atoms with Gasteiger partial charge in [0.1, 0.15) is 0 Å². The van der Waals surface area contributed by atoms with Gasteiger partial charge in [-0.15, -0.1) is 0 Å². The van der Waals surface area contributed by atoms with E-state index in [-0.39, 0.29) is 18.3 Å². The number of nitrogens with zero attached hydrogens (tertiary/aromatic N) is 2. The topological polar surface area (TPSA) is 61.9 Å². The highest BCUT2D eigenvalue weighted by molar-refractivity contribution is 7.80. The normalized spacial score (nSPS) is 14.1. The van der Waals surface area contributed by atoms with Crippen LogP contribution in [0, 0.1) is 0 Å². The van der Waals surface area contributed by atoms with Gasteiger partial charge in [0.15, 0.2) is 5.11 Å². The molecule has 0 saturated carbocycles. The lowest BCUT2D eigenvalue weighted by molar-refractivity contribution is -0.143. The molecule has 0 spiro atoms. The first-order valence-corrected chi connectivity index (χ1v) is 7.06. The molecule has 1 amide bonds. The van der Waals surface area contributed by atoms with Gasteiger partial charge in [0.05, 0.1) is 13.0 Å². The van der Waals surface area contributed by atoms with Crippen molar-refractivity contribution in [2.45, 2.75) is 26.7 Å².